The highest BCUT2D eigenvalue weighted by Crippen LogP contribution is 2.32. The number of nitrogens with one attached hydrogen (secondary N) is 2. The molecule has 0 saturated heterocycles. The van der Waals surface area contributed by atoms with Gasteiger partial charge in [-0.1, -0.05) is 6.07 Å². The number of hydrogen-bond acceptors (Lipinski definition) is 4. The van der Waals surface area contributed by atoms with E-state index in [0.29, 0.717) is 6.79 Å². The average Bonchev–Trinajstić information content (AvgIpc) is 3.05. The van der Waals surface area contributed by atoms with E-state index in [1.54, 1.807) is 7.11 Å². The molecule has 6 nitrogen and oxygen atoms in total. The largest absolute Gasteiger partial charge is 0.454 e. The Bertz CT molecular complexity index is 526. The van der Waals surface area contributed by atoms with E-state index in [2.05, 4.69) is 28.6 Å². The van der Waals surface area contributed by atoms with Gasteiger partial charge in [-0.25, -0.2) is 0 Å². The summed E-state index contributed by atoms with van der Waals surface area (Å²) < 4.78 is 15.8. The lowest BCUT2D eigenvalue weighted by Crippen LogP contribution is -2.38. The van der Waals surface area contributed by atoms with Gasteiger partial charge < -0.3 is 24.8 Å². The normalized spacial score (nSPS) is 12.6. The zero-order valence-electron chi connectivity index (χ0n) is 15.2. The first-order chi connectivity index (χ1) is 11.8. The molecule has 0 bridgehead atoms. The van der Waals surface area contributed by atoms with Crippen LogP contribution in [-0.2, 0) is 11.2 Å². The van der Waals surface area contributed by atoms with Gasteiger partial charge in [0.15, 0.2) is 17.5 Å². The number of fused-ring (bicyclic) bond motifs is 1. The molecule has 2 rings (SSSR count). The molecule has 0 amide bonds. The quantitative estimate of drug-likeness (QED) is 0.242. The van der Waals surface area contributed by atoms with Gasteiger partial charge in [0.25, 0.3) is 0 Å². The molecule has 0 aromatic heterocycles. The van der Waals surface area contributed by atoms with E-state index in [0.717, 1.165) is 69.4 Å². The maximum Gasteiger partial charge on any atom is 0.231 e. The summed E-state index contributed by atoms with van der Waals surface area (Å²) in [6.07, 6.45) is 4.24. The highest BCUT2D eigenvalue weighted by molar-refractivity contribution is 14.0. The van der Waals surface area contributed by atoms with Crippen molar-refractivity contribution in [3.05, 3.63) is 23.8 Å². The molecule has 0 saturated carbocycles. The summed E-state index contributed by atoms with van der Waals surface area (Å²) in [5, 5.41) is 6.66. The van der Waals surface area contributed by atoms with E-state index in [4.69, 9.17) is 14.2 Å². The molecule has 0 unspecified atom stereocenters. The summed E-state index contributed by atoms with van der Waals surface area (Å²) in [5.74, 6) is 2.55. The lowest BCUT2D eigenvalue weighted by Gasteiger charge is -2.11. The Morgan fingerprint density at radius 1 is 1.16 bits per heavy atom. The number of unbranched alkanes of at least 4 members (excludes halogenated alkanes) is 2. The van der Waals surface area contributed by atoms with Gasteiger partial charge in [-0.15, -0.1) is 24.0 Å². The van der Waals surface area contributed by atoms with E-state index in [9.17, 15) is 0 Å². The van der Waals surface area contributed by atoms with Crippen molar-refractivity contribution in [2.24, 2.45) is 4.99 Å². The molecule has 25 heavy (non-hydrogen) atoms. The second-order valence-corrected chi connectivity index (χ2v) is 5.68. The summed E-state index contributed by atoms with van der Waals surface area (Å²) in [4.78, 5) is 4.61. The summed E-state index contributed by atoms with van der Waals surface area (Å²) in [6, 6.07) is 6.09. The zero-order valence-corrected chi connectivity index (χ0v) is 17.5. The summed E-state index contributed by atoms with van der Waals surface area (Å²) >= 11 is 0. The zero-order chi connectivity index (χ0) is 17.0. The Balaban J connectivity index is 0.00000312. The molecule has 2 N–H and O–H groups in total. The predicted octanol–water partition coefficient (Wildman–Crippen LogP) is 2.95. The van der Waals surface area contributed by atoms with Crippen molar-refractivity contribution in [1.29, 1.82) is 0 Å². The highest BCUT2D eigenvalue weighted by Gasteiger charge is 2.12. The minimum atomic E-state index is 0. The van der Waals surface area contributed by atoms with Crippen LogP contribution in [-0.4, -0.2) is 46.1 Å². The van der Waals surface area contributed by atoms with E-state index in [1.165, 1.54) is 5.56 Å². The molecule has 0 aliphatic carbocycles. The summed E-state index contributed by atoms with van der Waals surface area (Å²) in [7, 11) is 1.74. The molecule has 1 aromatic rings. The van der Waals surface area contributed by atoms with Crippen LogP contribution in [0.2, 0.25) is 0 Å². The molecule has 1 heterocycles. The van der Waals surface area contributed by atoms with Crippen molar-refractivity contribution < 1.29 is 14.2 Å². The fourth-order valence-electron chi connectivity index (χ4n) is 2.49. The SMILES string of the molecule is CCNC(=NCCCCCOC)NCCc1ccc2c(c1)OCO2.I. The molecule has 142 valence electrons. The van der Waals surface area contributed by atoms with Gasteiger partial charge in [0.05, 0.1) is 0 Å². The summed E-state index contributed by atoms with van der Waals surface area (Å²) in [5.41, 5.74) is 1.22. The van der Waals surface area contributed by atoms with Crippen LogP contribution < -0.4 is 20.1 Å². The first kappa shape index (κ1) is 21.8. The molecule has 1 aromatic carbocycles. The molecule has 0 spiro atoms. The van der Waals surface area contributed by atoms with Crippen LogP contribution >= 0.6 is 24.0 Å². The van der Waals surface area contributed by atoms with Crippen molar-refractivity contribution in [3.8, 4) is 11.5 Å². The smallest absolute Gasteiger partial charge is 0.231 e. The maximum absolute atomic E-state index is 5.41. The first-order valence-electron chi connectivity index (χ1n) is 8.73. The van der Waals surface area contributed by atoms with Crippen molar-refractivity contribution in [2.45, 2.75) is 32.6 Å². The van der Waals surface area contributed by atoms with Gasteiger partial charge in [0.1, 0.15) is 0 Å². The van der Waals surface area contributed by atoms with Gasteiger partial charge >= 0.3 is 0 Å². The van der Waals surface area contributed by atoms with Gasteiger partial charge in [-0.3, -0.25) is 4.99 Å². The van der Waals surface area contributed by atoms with Crippen LogP contribution in [0.3, 0.4) is 0 Å². The van der Waals surface area contributed by atoms with Crippen LogP contribution in [0.1, 0.15) is 31.7 Å². The molecule has 0 atom stereocenters. The minimum Gasteiger partial charge on any atom is -0.454 e. The third-order valence-electron chi connectivity index (χ3n) is 3.76. The number of ether oxygens (including phenoxy) is 3. The van der Waals surface area contributed by atoms with Gasteiger partial charge in [0, 0.05) is 33.4 Å². The van der Waals surface area contributed by atoms with Crippen molar-refractivity contribution in [3.63, 3.8) is 0 Å². The number of aliphatic imine (C=N–C) groups is 1. The third-order valence-corrected chi connectivity index (χ3v) is 3.76. The molecular weight excluding hydrogens is 433 g/mol. The average molecular weight is 463 g/mol. The Morgan fingerprint density at radius 2 is 2.00 bits per heavy atom. The summed E-state index contributed by atoms with van der Waals surface area (Å²) in [6.45, 7) is 5.75. The number of hydrogen-bond donors (Lipinski definition) is 2. The van der Waals surface area contributed by atoms with Crippen molar-refractivity contribution in [2.75, 3.05) is 40.1 Å². The van der Waals surface area contributed by atoms with Crippen molar-refractivity contribution >= 4 is 29.9 Å². The number of methoxy groups -OCH3 is 1. The molecule has 0 radical (unpaired) electrons. The Labute approximate surface area is 167 Å². The first-order valence-corrected chi connectivity index (χ1v) is 8.73. The van der Waals surface area contributed by atoms with Crippen LogP contribution in [0.15, 0.2) is 23.2 Å². The van der Waals surface area contributed by atoms with Crippen LogP contribution in [0.25, 0.3) is 0 Å². The Kier molecular flexibility index (Phi) is 11.4. The number of benzene rings is 1. The fraction of sp³-hybridized carbons (Fsp3) is 0.611. The highest BCUT2D eigenvalue weighted by atomic mass is 127. The lowest BCUT2D eigenvalue weighted by atomic mass is 10.1. The number of halogens is 1. The monoisotopic (exact) mass is 463 g/mol. The standard InChI is InChI=1S/C18H29N3O3.HI/c1-3-19-18(20-10-5-4-6-12-22-2)21-11-9-15-7-8-16-17(13-15)24-14-23-16;/h7-8,13H,3-6,9-12,14H2,1-2H3,(H2,19,20,21);1H. The second kappa shape index (κ2) is 13.0. The minimum absolute atomic E-state index is 0. The second-order valence-electron chi connectivity index (χ2n) is 5.68. The molecule has 1 aliphatic heterocycles. The number of nitrogens with zero attached hydrogens (tertiary/aromatic N) is 1. The van der Waals surface area contributed by atoms with Gasteiger partial charge in [0.2, 0.25) is 6.79 Å². The Morgan fingerprint density at radius 3 is 2.80 bits per heavy atom. The molecular formula is C18H30IN3O3. The third kappa shape index (κ3) is 8.13. The van der Waals surface area contributed by atoms with Crippen LogP contribution in [0.4, 0.5) is 0 Å². The lowest BCUT2D eigenvalue weighted by molar-refractivity contribution is 0.174. The van der Waals surface area contributed by atoms with E-state index >= 15 is 0 Å². The van der Waals surface area contributed by atoms with E-state index in [1.807, 2.05) is 12.1 Å². The Hall–Kier alpha value is -1.22. The molecule has 7 heteroatoms. The van der Waals surface area contributed by atoms with E-state index in [-0.39, 0.29) is 24.0 Å². The fourth-order valence-corrected chi connectivity index (χ4v) is 2.49. The molecule has 1 aliphatic rings. The van der Waals surface area contributed by atoms with Gasteiger partial charge in [-0.2, -0.15) is 0 Å². The van der Waals surface area contributed by atoms with Gasteiger partial charge in [-0.05, 0) is 50.3 Å². The van der Waals surface area contributed by atoms with E-state index < -0.39 is 0 Å². The predicted molar refractivity (Wildman–Crippen MR) is 111 cm³/mol. The number of rotatable bonds is 10. The number of guanidine groups is 1. The maximum atomic E-state index is 5.41. The van der Waals surface area contributed by atoms with Crippen LogP contribution in [0.5, 0.6) is 11.5 Å². The topological polar surface area (TPSA) is 64.1 Å². The molecule has 0 fully saturated rings. The van der Waals surface area contributed by atoms with Crippen molar-refractivity contribution in [1.82, 2.24) is 10.6 Å². The van der Waals surface area contributed by atoms with Crippen LogP contribution in [0, 0.1) is 0 Å².